The fraction of sp³-hybridized carbons (Fsp3) is 0.286. The molecule has 0 bridgehead atoms. The lowest BCUT2D eigenvalue weighted by atomic mass is 10.5. The first-order valence-corrected chi connectivity index (χ1v) is 3.94. The van der Waals surface area contributed by atoms with Crippen molar-refractivity contribution < 1.29 is 4.74 Å². The van der Waals surface area contributed by atoms with Gasteiger partial charge < -0.3 is 4.74 Å². The second-order valence-corrected chi connectivity index (χ2v) is 2.60. The minimum atomic E-state index is 0.305. The number of ether oxygens (including phenoxy) is 1. The zero-order valence-electron chi connectivity index (χ0n) is 5.97. The summed E-state index contributed by atoms with van der Waals surface area (Å²) in [5.74, 6) is 0.568. The van der Waals surface area contributed by atoms with E-state index in [1.54, 1.807) is 12.1 Å². The van der Waals surface area contributed by atoms with E-state index < -0.39 is 0 Å². The molecule has 0 atom stereocenters. The summed E-state index contributed by atoms with van der Waals surface area (Å²) in [6.45, 7) is 2.45. The monoisotopic (exact) mass is 191 g/mol. The molecule has 11 heavy (non-hydrogen) atoms. The molecule has 0 aliphatic carbocycles. The third-order valence-electron chi connectivity index (χ3n) is 1.08. The molecule has 1 aromatic heterocycles. The van der Waals surface area contributed by atoms with E-state index in [1.807, 2.05) is 6.92 Å². The average molecular weight is 192 g/mol. The standard InChI is InChI=1S/C7H7Cl2NO/c1-2-11-5-3-4-6(8)10-7(5)9/h3-4H,2H2,1H3. The minimum absolute atomic E-state index is 0.305. The zero-order chi connectivity index (χ0) is 8.27. The predicted octanol–water partition coefficient (Wildman–Crippen LogP) is 2.79. The Bertz CT molecular complexity index is 252. The molecular weight excluding hydrogens is 185 g/mol. The molecule has 4 heteroatoms. The number of rotatable bonds is 2. The van der Waals surface area contributed by atoms with Gasteiger partial charge in [-0.1, -0.05) is 23.2 Å². The van der Waals surface area contributed by atoms with E-state index in [0.717, 1.165) is 0 Å². The molecule has 0 unspecified atom stereocenters. The van der Waals surface area contributed by atoms with Gasteiger partial charge in [-0.25, -0.2) is 4.98 Å². The van der Waals surface area contributed by atoms with Crippen LogP contribution in [-0.2, 0) is 0 Å². The fourth-order valence-electron chi connectivity index (χ4n) is 0.663. The molecule has 0 amide bonds. The highest BCUT2D eigenvalue weighted by atomic mass is 35.5. The van der Waals surface area contributed by atoms with Crippen LogP contribution in [0.25, 0.3) is 0 Å². The maximum Gasteiger partial charge on any atom is 0.172 e. The Kier molecular flexibility index (Phi) is 2.97. The topological polar surface area (TPSA) is 22.1 Å². The van der Waals surface area contributed by atoms with Crippen molar-refractivity contribution in [1.29, 1.82) is 0 Å². The minimum Gasteiger partial charge on any atom is -0.491 e. The van der Waals surface area contributed by atoms with Gasteiger partial charge in [0.15, 0.2) is 10.9 Å². The van der Waals surface area contributed by atoms with Gasteiger partial charge in [-0.3, -0.25) is 0 Å². The van der Waals surface area contributed by atoms with Gasteiger partial charge in [0.2, 0.25) is 0 Å². The number of pyridine rings is 1. The van der Waals surface area contributed by atoms with Gasteiger partial charge in [0, 0.05) is 0 Å². The molecule has 1 aromatic rings. The van der Waals surface area contributed by atoms with Crippen molar-refractivity contribution in [2.45, 2.75) is 6.92 Å². The van der Waals surface area contributed by atoms with E-state index in [4.69, 9.17) is 27.9 Å². The number of hydrogen-bond acceptors (Lipinski definition) is 2. The highest BCUT2D eigenvalue weighted by Crippen LogP contribution is 2.23. The van der Waals surface area contributed by atoms with Crippen LogP contribution in [0, 0.1) is 0 Å². The van der Waals surface area contributed by atoms with Crippen LogP contribution in [0.5, 0.6) is 5.75 Å². The SMILES string of the molecule is CCOc1ccc(Cl)nc1Cl. The van der Waals surface area contributed by atoms with Crippen molar-refractivity contribution in [3.63, 3.8) is 0 Å². The molecule has 0 aliphatic rings. The van der Waals surface area contributed by atoms with Gasteiger partial charge in [0.1, 0.15) is 5.15 Å². The molecule has 2 nitrogen and oxygen atoms in total. The van der Waals surface area contributed by atoms with Crippen LogP contribution in [0.4, 0.5) is 0 Å². The van der Waals surface area contributed by atoms with E-state index in [-0.39, 0.29) is 0 Å². The summed E-state index contributed by atoms with van der Waals surface area (Å²) in [7, 11) is 0. The van der Waals surface area contributed by atoms with Gasteiger partial charge >= 0.3 is 0 Å². The van der Waals surface area contributed by atoms with Crippen molar-refractivity contribution in [2.75, 3.05) is 6.61 Å². The largest absolute Gasteiger partial charge is 0.491 e. The van der Waals surface area contributed by atoms with E-state index in [2.05, 4.69) is 4.98 Å². The molecule has 0 saturated heterocycles. The lowest BCUT2D eigenvalue weighted by Crippen LogP contribution is -1.93. The third-order valence-corrected chi connectivity index (χ3v) is 1.56. The average Bonchev–Trinajstić information content (AvgIpc) is 1.95. The Balaban J connectivity index is 2.90. The molecule has 0 N–H and O–H groups in total. The molecule has 60 valence electrons. The van der Waals surface area contributed by atoms with Crippen LogP contribution in [-0.4, -0.2) is 11.6 Å². The van der Waals surface area contributed by atoms with Gasteiger partial charge in [-0.15, -0.1) is 0 Å². The van der Waals surface area contributed by atoms with Crippen LogP contribution in [0.2, 0.25) is 10.3 Å². The Morgan fingerprint density at radius 2 is 2.18 bits per heavy atom. The Labute approximate surface area is 75.1 Å². The summed E-state index contributed by atoms with van der Waals surface area (Å²) in [6.07, 6.45) is 0. The normalized spacial score (nSPS) is 9.73. The second-order valence-electron chi connectivity index (χ2n) is 1.86. The summed E-state index contributed by atoms with van der Waals surface area (Å²) >= 11 is 11.3. The van der Waals surface area contributed by atoms with Gasteiger partial charge in [0.25, 0.3) is 0 Å². The number of nitrogens with zero attached hydrogens (tertiary/aromatic N) is 1. The number of halogens is 2. The highest BCUT2D eigenvalue weighted by molar-refractivity contribution is 6.33. The summed E-state index contributed by atoms with van der Waals surface area (Å²) in [6, 6.07) is 3.33. The van der Waals surface area contributed by atoms with Gasteiger partial charge in [-0.2, -0.15) is 0 Å². The molecule has 0 fully saturated rings. The lowest BCUT2D eigenvalue weighted by Gasteiger charge is -2.03. The summed E-state index contributed by atoms with van der Waals surface area (Å²) in [4.78, 5) is 3.80. The van der Waals surface area contributed by atoms with Crippen LogP contribution in [0.15, 0.2) is 12.1 Å². The second kappa shape index (κ2) is 3.79. The molecule has 0 saturated carbocycles. The lowest BCUT2D eigenvalue weighted by molar-refractivity contribution is 0.339. The van der Waals surface area contributed by atoms with Crippen molar-refractivity contribution in [3.05, 3.63) is 22.4 Å². The zero-order valence-corrected chi connectivity index (χ0v) is 7.49. The Morgan fingerprint density at radius 3 is 2.73 bits per heavy atom. The first kappa shape index (κ1) is 8.62. The van der Waals surface area contributed by atoms with Crippen LogP contribution in [0.1, 0.15) is 6.92 Å². The maximum absolute atomic E-state index is 5.69. The molecule has 0 aromatic carbocycles. The maximum atomic E-state index is 5.69. The Hall–Kier alpha value is -0.470. The number of hydrogen-bond donors (Lipinski definition) is 0. The van der Waals surface area contributed by atoms with Crippen molar-refractivity contribution in [2.24, 2.45) is 0 Å². The van der Waals surface area contributed by atoms with Crippen LogP contribution >= 0.6 is 23.2 Å². The highest BCUT2D eigenvalue weighted by Gasteiger charge is 2.01. The van der Waals surface area contributed by atoms with Crippen LogP contribution in [0.3, 0.4) is 0 Å². The first-order valence-electron chi connectivity index (χ1n) is 3.19. The summed E-state index contributed by atoms with van der Waals surface area (Å²) < 4.78 is 5.14. The van der Waals surface area contributed by atoms with E-state index in [9.17, 15) is 0 Å². The molecule has 1 rings (SSSR count). The van der Waals surface area contributed by atoms with E-state index in [1.165, 1.54) is 0 Å². The first-order chi connectivity index (χ1) is 5.24. The van der Waals surface area contributed by atoms with Crippen molar-refractivity contribution in [1.82, 2.24) is 4.98 Å². The summed E-state index contributed by atoms with van der Waals surface area (Å²) in [5.41, 5.74) is 0. The van der Waals surface area contributed by atoms with Crippen LogP contribution < -0.4 is 4.74 Å². The van der Waals surface area contributed by atoms with Crippen molar-refractivity contribution >= 4 is 23.2 Å². The molecular formula is C7H7Cl2NO. The predicted molar refractivity (Wildman–Crippen MR) is 45.4 cm³/mol. The summed E-state index contributed by atoms with van der Waals surface area (Å²) in [5, 5.41) is 0.679. The fourth-order valence-corrected chi connectivity index (χ4v) is 1.06. The quantitative estimate of drug-likeness (QED) is 0.672. The molecule has 0 radical (unpaired) electrons. The van der Waals surface area contributed by atoms with Gasteiger partial charge in [-0.05, 0) is 19.1 Å². The van der Waals surface area contributed by atoms with E-state index in [0.29, 0.717) is 22.7 Å². The molecule has 0 aliphatic heterocycles. The third kappa shape index (κ3) is 2.24. The van der Waals surface area contributed by atoms with Gasteiger partial charge in [0.05, 0.1) is 6.61 Å². The van der Waals surface area contributed by atoms with E-state index >= 15 is 0 Å². The smallest absolute Gasteiger partial charge is 0.172 e. The number of aromatic nitrogens is 1. The Morgan fingerprint density at radius 1 is 1.45 bits per heavy atom. The molecule has 0 spiro atoms. The molecule has 1 heterocycles. The van der Waals surface area contributed by atoms with Crippen molar-refractivity contribution in [3.8, 4) is 5.75 Å².